The molecule has 0 aliphatic carbocycles. The maximum atomic E-state index is 12.6. The third-order valence-electron chi connectivity index (χ3n) is 8.16. The Hall–Kier alpha value is -2.87. The van der Waals surface area contributed by atoms with Crippen molar-refractivity contribution in [3.05, 3.63) is 24.2 Å². The number of carbonyl (C=O) groups excluding carboxylic acids is 1. The molecule has 2 atom stereocenters. The first-order valence-electron chi connectivity index (χ1n) is 14.1. The van der Waals surface area contributed by atoms with E-state index in [9.17, 15) is 9.90 Å². The molecule has 4 aliphatic rings. The normalized spacial score (nSPS) is 24.3. The Morgan fingerprint density at radius 2 is 2.02 bits per heavy atom. The zero-order valence-corrected chi connectivity index (χ0v) is 24.8. The number of aliphatic hydroxyl groups excluding tert-OH is 1. The molecule has 4 aliphatic heterocycles. The number of fused-ring (bicyclic) bond motifs is 1. The maximum absolute atomic E-state index is 12.6. The number of anilines is 2. The molecule has 12 nitrogen and oxygen atoms in total. The molecule has 41 heavy (non-hydrogen) atoms. The Labute approximate surface area is 243 Å². The lowest BCUT2D eigenvalue weighted by molar-refractivity contribution is -0.0652. The topological polar surface area (TPSA) is 140 Å². The lowest BCUT2D eigenvalue weighted by Crippen LogP contribution is -2.61. The standard InChI is InChI=1S/C28H38N6O6S/c1-17-22(32-25(36)40-26(2,3)4)27(13-38-17)6-9-34(10-7-27)24-18(12-35)31-20(11-30-24)41-19-5-8-29-23-21(19)39-16-28(33-23)14-37-15-28/h5,8,11,17,22,35H,6-7,9-10,12-16H2,1-4H3,(H,29,33)(H,32,36)/t17-,22+/m0/s1. The minimum absolute atomic E-state index is 0.108. The Morgan fingerprint density at radius 3 is 2.71 bits per heavy atom. The van der Waals surface area contributed by atoms with E-state index in [-0.39, 0.29) is 29.7 Å². The molecule has 3 saturated heterocycles. The molecule has 222 valence electrons. The number of alkyl carbamates (subject to hydrolysis) is 1. The molecule has 3 fully saturated rings. The number of amides is 1. The SMILES string of the molecule is C[C@@H]1OCC2(CCN(c3ncc(Sc4ccnc5c4OCC4(COC4)N5)nc3CO)CC2)[C@@H]1NC(=O)OC(C)(C)C. The molecule has 2 aromatic heterocycles. The molecule has 0 unspecified atom stereocenters. The maximum Gasteiger partial charge on any atom is 0.407 e. The lowest BCUT2D eigenvalue weighted by Gasteiger charge is -2.45. The van der Waals surface area contributed by atoms with Crippen molar-refractivity contribution in [1.29, 1.82) is 0 Å². The van der Waals surface area contributed by atoms with Gasteiger partial charge in [-0.15, -0.1) is 0 Å². The van der Waals surface area contributed by atoms with Gasteiger partial charge in [0.25, 0.3) is 0 Å². The second-order valence-corrected chi connectivity index (χ2v) is 13.5. The molecule has 0 radical (unpaired) electrons. The summed E-state index contributed by atoms with van der Waals surface area (Å²) < 4.78 is 23.0. The Kier molecular flexibility index (Phi) is 7.41. The van der Waals surface area contributed by atoms with E-state index < -0.39 is 11.7 Å². The monoisotopic (exact) mass is 586 g/mol. The van der Waals surface area contributed by atoms with Gasteiger partial charge in [-0.2, -0.15) is 0 Å². The fraction of sp³-hybridized carbons (Fsp3) is 0.643. The van der Waals surface area contributed by atoms with E-state index in [0.29, 0.717) is 67.6 Å². The number of nitrogens with one attached hydrogen (secondary N) is 2. The fourth-order valence-corrected chi connectivity index (χ4v) is 6.84. The summed E-state index contributed by atoms with van der Waals surface area (Å²) in [5.74, 6) is 2.07. The van der Waals surface area contributed by atoms with Gasteiger partial charge in [0.05, 0.1) is 49.7 Å². The van der Waals surface area contributed by atoms with Gasteiger partial charge in [0.2, 0.25) is 0 Å². The summed E-state index contributed by atoms with van der Waals surface area (Å²) in [5, 5.41) is 17.4. The van der Waals surface area contributed by atoms with E-state index in [1.54, 1.807) is 12.4 Å². The minimum atomic E-state index is -0.567. The van der Waals surface area contributed by atoms with Crippen LogP contribution in [0.1, 0.15) is 46.2 Å². The van der Waals surface area contributed by atoms with Crippen molar-refractivity contribution in [2.45, 2.75) is 80.4 Å². The average Bonchev–Trinajstić information content (AvgIpc) is 3.21. The molecule has 2 spiro atoms. The van der Waals surface area contributed by atoms with E-state index >= 15 is 0 Å². The number of carbonyl (C=O) groups is 1. The van der Waals surface area contributed by atoms with Gasteiger partial charge in [-0.3, -0.25) is 0 Å². The zero-order chi connectivity index (χ0) is 28.8. The van der Waals surface area contributed by atoms with E-state index in [0.717, 1.165) is 17.7 Å². The Morgan fingerprint density at radius 1 is 1.24 bits per heavy atom. The highest BCUT2D eigenvalue weighted by molar-refractivity contribution is 7.99. The molecular weight excluding hydrogens is 548 g/mol. The summed E-state index contributed by atoms with van der Waals surface area (Å²) in [4.78, 5) is 29.6. The van der Waals surface area contributed by atoms with Crippen LogP contribution < -0.4 is 20.3 Å². The number of ether oxygens (including phenoxy) is 4. The number of rotatable bonds is 5. The third kappa shape index (κ3) is 5.64. The van der Waals surface area contributed by atoms with Gasteiger partial charge in [-0.05, 0) is 46.6 Å². The van der Waals surface area contributed by atoms with Crippen molar-refractivity contribution in [1.82, 2.24) is 20.3 Å². The van der Waals surface area contributed by atoms with E-state index in [4.69, 9.17) is 28.9 Å². The van der Waals surface area contributed by atoms with Gasteiger partial charge >= 0.3 is 6.09 Å². The van der Waals surface area contributed by atoms with Crippen LogP contribution in [0, 0.1) is 5.41 Å². The first-order valence-corrected chi connectivity index (χ1v) is 14.9. The second kappa shape index (κ2) is 10.8. The van der Waals surface area contributed by atoms with Crippen LogP contribution in [0.15, 0.2) is 28.4 Å². The highest BCUT2D eigenvalue weighted by atomic mass is 32.2. The first kappa shape index (κ1) is 28.3. The van der Waals surface area contributed by atoms with Gasteiger partial charge < -0.3 is 39.6 Å². The lowest BCUT2D eigenvalue weighted by atomic mass is 9.73. The molecule has 13 heteroatoms. The van der Waals surface area contributed by atoms with E-state index in [2.05, 4.69) is 20.5 Å². The van der Waals surface area contributed by atoms with Crippen molar-refractivity contribution in [2.24, 2.45) is 5.41 Å². The van der Waals surface area contributed by atoms with Crippen molar-refractivity contribution < 1.29 is 28.8 Å². The summed E-state index contributed by atoms with van der Waals surface area (Å²) in [7, 11) is 0. The van der Waals surface area contributed by atoms with Gasteiger partial charge in [-0.25, -0.2) is 19.7 Å². The van der Waals surface area contributed by atoms with Crippen LogP contribution in [0.25, 0.3) is 0 Å². The van der Waals surface area contributed by atoms with Gasteiger partial charge in [0.15, 0.2) is 17.4 Å². The minimum Gasteiger partial charge on any atom is -0.486 e. The largest absolute Gasteiger partial charge is 0.486 e. The number of aliphatic hydroxyl groups is 1. The van der Waals surface area contributed by atoms with Crippen molar-refractivity contribution in [2.75, 3.05) is 49.7 Å². The molecule has 2 aromatic rings. The number of piperidine rings is 1. The number of hydrogen-bond acceptors (Lipinski definition) is 12. The molecule has 0 aromatic carbocycles. The van der Waals surface area contributed by atoms with Crippen LogP contribution in [-0.4, -0.2) is 89.0 Å². The summed E-state index contributed by atoms with van der Waals surface area (Å²) in [6.07, 6.45) is 4.57. The molecule has 6 heterocycles. The van der Waals surface area contributed by atoms with Crippen LogP contribution >= 0.6 is 11.8 Å². The number of nitrogens with zero attached hydrogens (tertiary/aromatic N) is 4. The quantitative estimate of drug-likeness (QED) is 0.474. The fourth-order valence-electron chi connectivity index (χ4n) is 5.98. The summed E-state index contributed by atoms with van der Waals surface area (Å²) in [6, 6.07) is 1.75. The van der Waals surface area contributed by atoms with Crippen molar-refractivity contribution in [3.63, 3.8) is 0 Å². The Bertz CT molecular complexity index is 1290. The van der Waals surface area contributed by atoms with Crippen molar-refractivity contribution in [3.8, 4) is 5.75 Å². The molecule has 6 rings (SSSR count). The zero-order valence-electron chi connectivity index (χ0n) is 23.9. The summed E-state index contributed by atoms with van der Waals surface area (Å²) in [6.45, 7) is 11.0. The van der Waals surface area contributed by atoms with E-state index in [1.807, 2.05) is 33.8 Å². The van der Waals surface area contributed by atoms with Gasteiger partial charge in [0.1, 0.15) is 28.5 Å². The van der Waals surface area contributed by atoms with Crippen LogP contribution in [0.2, 0.25) is 0 Å². The van der Waals surface area contributed by atoms with E-state index in [1.165, 1.54) is 11.8 Å². The molecule has 0 saturated carbocycles. The summed E-state index contributed by atoms with van der Waals surface area (Å²) >= 11 is 1.43. The van der Waals surface area contributed by atoms with Crippen LogP contribution in [0.4, 0.5) is 16.4 Å². The number of hydrogen-bond donors (Lipinski definition) is 3. The molecule has 0 bridgehead atoms. The molecule has 3 N–H and O–H groups in total. The predicted octanol–water partition coefficient (Wildman–Crippen LogP) is 2.99. The first-order chi connectivity index (χ1) is 19.6. The average molecular weight is 587 g/mol. The van der Waals surface area contributed by atoms with Crippen LogP contribution in [0.5, 0.6) is 5.75 Å². The number of pyridine rings is 1. The molecular formula is C28H38N6O6S. The van der Waals surface area contributed by atoms with Crippen LogP contribution in [-0.2, 0) is 20.8 Å². The van der Waals surface area contributed by atoms with Crippen molar-refractivity contribution >= 4 is 29.5 Å². The second-order valence-electron chi connectivity index (χ2n) is 12.4. The number of aromatic nitrogens is 3. The Balaban J connectivity index is 1.13. The summed E-state index contributed by atoms with van der Waals surface area (Å²) in [5.41, 5.74) is -0.426. The molecule has 1 amide bonds. The van der Waals surface area contributed by atoms with Crippen LogP contribution in [0.3, 0.4) is 0 Å². The third-order valence-corrected chi connectivity index (χ3v) is 9.11. The highest BCUT2D eigenvalue weighted by Crippen LogP contribution is 2.45. The highest BCUT2D eigenvalue weighted by Gasteiger charge is 2.51. The predicted molar refractivity (Wildman–Crippen MR) is 151 cm³/mol. The van der Waals surface area contributed by atoms with Gasteiger partial charge in [-0.1, -0.05) is 11.8 Å². The van der Waals surface area contributed by atoms with Gasteiger partial charge in [0, 0.05) is 24.7 Å². The smallest absolute Gasteiger partial charge is 0.407 e.